The van der Waals surface area contributed by atoms with Crippen LogP contribution in [0.1, 0.15) is 30.0 Å². The van der Waals surface area contributed by atoms with Gasteiger partial charge in [-0.25, -0.2) is 4.79 Å². The van der Waals surface area contributed by atoms with E-state index in [-0.39, 0.29) is 12.1 Å². The lowest BCUT2D eigenvalue weighted by Gasteiger charge is -2.31. The minimum Gasteiger partial charge on any atom is -0.423 e. The monoisotopic (exact) mass is 440 g/mol. The number of fused-ring (bicyclic) bond motifs is 1. The minimum absolute atomic E-state index is 0.144. The van der Waals surface area contributed by atoms with Gasteiger partial charge in [-0.1, -0.05) is 72.8 Å². The van der Waals surface area contributed by atoms with E-state index in [0.29, 0.717) is 18.5 Å². The second kappa shape index (κ2) is 9.77. The summed E-state index contributed by atoms with van der Waals surface area (Å²) in [5, 5.41) is 6.24. The number of benzene rings is 3. The van der Waals surface area contributed by atoms with E-state index in [2.05, 4.69) is 20.5 Å². The number of rotatable bonds is 6. The standard InChI is InChI=1S/C27H28N4O2/c32-26(30-25(21-9-3-1-4-10-21)22-11-5-2-6-12-22)28-19-20-15-17-31(18-16-20)27-29-23-13-7-8-14-24(23)33-27/h1-14,20,25H,15-19H2,(H2,28,30,32). The van der Waals surface area contributed by atoms with Gasteiger partial charge in [0.25, 0.3) is 6.01 Å². The largest absolute Gasteiger partial charge is 0.423 e. The second-order valence-corrected chi connectivity index (χ2v) is 8.50. The number of hydrogen-bond donors (Lipinski definition) is 2. The molecule has 0 radical (unpaired) electrons. The van der Waals surface area contributed by atoms with Crippen molar-refractivity contribution in [2.45, 2.75) is 18.9 Å². The molecule has 1 aliphatic heterocycles. The Morgan fingerprint density at radius 2 is 1.52 bits per heavy atom. The highest BCUT2D eigenvalue weighted by atomic mass is 16.4. The van der Waals surface area contributed by atoms with Crippen molar-refractivity contribution in [1.29, 1.82) is 0 Å². The number of para-hydroxylation sites is 2. The molecule has 6 nitrogen and oxygen atoms in total. The third-order valence-electron chi connectivity index (χ3n) is 6.26. The van der Waals surface area contributed by atoms with Crippen LogP contribution < -0.4 is 15.5 Å². The number of urea groups is 1. The molecule has 1 aliphatic rings. The number of oxazole rings is 1. The van der Waals surface area contributed by atoms with Crippen molar-refractivity contribution in [3.63, 3.8) is 0 Å². The Bertz CT molecular complexity index is 1110. The second-order valence-electron chi connectivity index (χ2n) is 8.50. The maximum atomic E-state index is 12.8. The van der Waals surface area contributed by atoms with Gasteiger partial charge in [-0.05, 0) is 42.0 Å². The van der Waals surface area contributed by atoms with Crippen LogP contribution >= 0.6 is 0 Å². The van der Waals surface area contributed by atoms with E-state index in [1.54, 1.807) is 0 Å². The number of anilines is 1. The Labute approximate surface area is 193 Å². The van der Waals surface area contributed by atoms with Gasteiger partial charge >= 0.3 is 6.03 Å². The zero-order valence-corrected chi connectivity index (χ0v) is 18.5. The zero-order valence-electron chi connectivity index (χ0n) is 18.5. The van der Waals surface area contributed by atoms with Crippen molar-refractivity contribution in [3.8, 4) is 0 Å². The van der Waals surface area contributed by atoms with E-state index in [1.165, 1.54) is 0 Å². The van der Waals surface area contributed by atoms with Crippen LogP contribution in [-0.4, -0.2) is 30.6 Å². The molecule has 1 aromatic heterocycles. The summed E-state index contributed by atoms with van der Waals surface area (Å²) < 4.78 is 5.90. The number of hydrogen-bond acceptors (Lipinski definition) is 4. The fourth-order valence-corrected chi connectivity index (χ4v) is 4.39. The highest BCUT2D eigenvalue weighted by Crippen LogP contribution is 2.26. The summed E-state index contributed by atoms with van der Waals surface area (Å²) >= 11 is 0. The van der Waals surface area contributed by atoms with Crippen molar-refractivity contribution >= 4 is 23.1 Å². The molecule has 3 aromatic carbocycles. The normalized spacial score (nSPS) is 14.5. The number of piperidine rings is 1. The van der Waals surface area contributed by atoms with Crippen LogP contribution in [0, 0.1) is 5.92 Å². The molecule has 6 heteroatoms. The van der Waals surface area contributed by atoms with E-state index in [1.807, 2.05) is 84.9 Å². The fraction of sp³-hybridized carbons (Fsp3) is 0.259. The van der Waals surface area contributed by atoms with Gasteiger partial charge < -0.3 is 20.0 Å². The van der Waals surface area contributed by atoms with Gasteiger partial charge in [0.15, 0.2) is 5.58 Å². The summed E-state index contributed by atoms with van der Waals surface area (Å²) in [5.74, 6) is 0.434. The number of aromatic nitrogens is 1. The molecule has 0 unspecified atom stereocenters. The van der Waals surface area contributed by atoms with Crippen LogP contribution in [0.5, 0.6) is 0 Å². The van der Waals surface area contributed by atoms with Gasteiger partial charge in [-0.2, -0.15) is 4.98 Å². The van der Waals surface area contributed by atoms with E-state index in [9.17, 15) is 4.79 Å². The summed E-state index contributed by atoms with van der Waals surface area (Å²) in [6, 6.07) is 28.3. The predicted octanol–water partition coefficient (Wildman–Crippen LogP) is 5.13. The molecule has 2 heterocycles. The smallest absolute Gasteiger partial charge is 0.315 e. The summed E-state index contributed by atoms with van der Waals surface area (Å²) in [4.78, 5) is 19.6. The summed E-state index contributed by atoms with van der Waals surface area (Å²) in [7, 11) is 0. The number of amides is 2. The van der Waals surface area contributed by atoms with Crippen LogP contribution in [0.2, 0.25) is 0 Å². The summed E-state index contributed by atoms with van der Waals surface area (Å²) in [5.41, 5.74) is 3.83. The molecule has 2 amide bonds. The molecule has 0 aliphatic carbocycles. The first-order chi connectivity index (χ1) is 16.3. The maximum absolute atomic E-state index is 12.8. The first-order valence-corrected chi connectivity index (χ1v) is 11.5. The maximum Gasteiger partial charge on any atom is 0.315 e. The first-order valence-electron chi connectivity index (χ1n) is 11.5. The van der Waals surface area contributed by atoms with Crippen molar-refractivity contribution < 1.29 is 9.21 Å². The molecule has 0 saturated carbocycles. The Balaban J connectivity index is 1.15. The molecule has 0 bridgehead atoms. The van der Waals surface area contributed by atoms with Gasteiger partial charge in [0, 0.05) is 19.6 Å². The third-order valence-corrected chi connectivity index (χ3v) is 6.26. The van der Waals surface area contributed by atoms with Crippen LogP contribution in [0.4, 0.5) is 10.8 Å². The van der Waals surface area contributed by atoms with Crippen molar-refractivity contribution in [2.24, 2.45) is 5.92 Å². The Hall–Kier alpha value is -3.80. The molecule has 4 aromatic rings. The van der Waals surface area contributed by atoms with Crippen molar-refractivity contribution in [1.82, 2.24) is 15.6 Å². The van der Waals surface area contributed by atoms with E-state index < -0.39 is 0 Å². The number of nitrogens with zero attached hydrogens (tertiary/aromatic N) is 2. The van der Waals surface area contributed by atoms with Crippen LogP contribution in [0.25, 0.3) is 11.1 Å². The highest BCUT2D eigenvalue weighted by Gasteiger charge is 2.24. The molecule has 5 rings (SSSR count). The van der Waals surface area contributed by atoms with E-state index in [0.717, 1.165) is 48.2 Å². The van der Waals surface area contributed by atoms with E-state index in [4.69, 9.17) is 4.42 Å². The van der Waals surface area contributed by atoms with Gasteiger partial charge in [0.2, 0.25) is 0 Å². The highest BCUT2D eigenvalue weighted by molar-refractivity contribution is 5.75. The topological polar surface area (TPSA) is 70.4 Å². The molecule has 33 heavy (non-hydrogen) atoms. The number of carbonyl (C=O) groups excluding carboxylic acids is 1. The van der Waals surface area contributed by atoms with Gasteiger partial charge in [-0.15, -0.1) is 0 Å². The molecule has 2 N–H and O–H groups in total. The van der Waals surface area contributed by atoms with Crippen molar-refractivity contribution in [2.75, 3.05) is 24.5 Å². The Morgan fingerprint density at radius 3 is 2.15 bits per heavy atom. The van der Waals surface area contributed by atoms with Crippen LogP contribution in [0.3, 0.4) is 0 Å². The molecule has 0 atom stereocenters. The lowest BCUT2D eigenvalue weighted by atomic mass is 9.97. The lowest BCUT2D eigenvalue weighted by molar-refractivity contribution is 0.235. The summed E-state index contributed by atoms with van der Waals surface area (Å²) in [6.45, 7) is 2.40. The predicted molar refractivity (Wildman–Crippen MR) is 130 cm³/mol. The third kappa shape index (κ3) is 5.00. The lowest BCUT2D eigenvalue weighted by Crippen LogP contribution is -2.43. The van der Waals surface area contributed by atoms with E-state index >= 15 is 0 Å². The average Bonchev–Trinajstić information content (AvgIpc) is 3.32. The first kappa shape index (κ1) is 21.1. The van der Waals surface area contributed by atoms with Gasteiger partial charge in [0.05, 0.1) is 6.04 Å². The molecule has 1 fully saturated rings. The molecule has 1 saturated heterocycles. The average molecular weight is 441 g/mol. The fourth-order valence-electron chi connectivity index (χ4n) is 4.39. The molecule has 168 valence electrons. The summed E-state index contributed by atoms with van der Waals surface area (Å²) in [6.07, 6.45) is 1.97. The van der Waals surface area contributed by atoms with Gasteiger partial charge in [-0.3, -0.25) is 0 Å². The van der Waals surface area contributed by atoms with Crippen molar-refractivity contribution in [3.05, 3.63) is 96.1 Å². The Morgan fingerprint density at radius 1 is 0.909 bits per heavy atom. The zero-order chi connectivity index (χ0) is 22.5. The SMILES string of the molecule is O=C(NCC1CCN(c2nc3ccccc3o2)CC1)NC(c1ccccc1)c1ccccc1. The van der Waals surface area contributed by atoms with Crippen LogP contribution in [0.15, 0.2) is 89.3 Å². The van der Waals surface area contributed by atoms with Gasteiger partial charge in [0.1, 0.15) is 5.52 Å². The Kier molecular flexibility index (Phi) is 6.24. The van der Waals surface area contributed by atoms with Crippen LogP contribution in [-0.2, 0) is 0 Å². The quantitative estimate of drug-likeness (QED) is 0.436. The minimum atomic E-state index is -0.187. The number of nitrogens with one attached hydrogen (secondary N) is 2. The molecular weight excluding hydrogens is 412 g/mol. The number of carbonyl (C=O) groups is 1. The molecule has 0 spiro atoms. The molecular formula is C27H28N4O2.